The van der Waals surface area contributed by atoms with Gasteiger partial charge in [-0.05, 0) is 35.0 Å². The molecule has 0 fully saturated rings. The fourth-order valence-electron chi connectivity index (χ4n) is 2.11. The Kier molecular flexibility index (Phi) is 3.72. The maximum absolute atomic E-state index is 13.0. The Bertz CT molecular complexity index is 693. The summed E-state index contributed by atoms with van der Waals surface area (Å²) in [6.07, 6.45) is -9.88. The van der Waals surface area contributed by atoms with Gasteiger partial charge < -0.3 is 0 Å². The third-order valence-electron chi connectivity index (χ3n) is 3.00. The molecule has 0 N–H and O–H groups in total. The fraction of sp³-hybridized carbons (Fsp3) is 0.143. The van der Waals surface area contributed by atoms with Crippen molar-refractivity contribution in [2.75, 3.05) is 0 Å². The van der Waals surface area contributed by atoms with Gasteiger partial charge in [0.15, 0.2) is 0 Å². The molecule has 0 saturated heterocycles. The molecule has 0 aliphatic rings. The molecule has 0 spiro atoms. The molecule has 8 heteroatoms. The van der Waals surface area contributed by atoms with Crippen molar-refractivity contribution in [3.05, 3.63) is 46.5 Å². The summed E-state index contributed by atoms with van der Waals surface area (Å²) in [5, 5.41) is -1.56. The standard InChI is InChI=1S/C14H6F6O2/c15-13(16,17)11-4-8(6-22)2-10-9(11)1-7(5-21)3-12(10)14(18,19)20/h1-6H. The molecule has 0 atom stereocenters. The molecule has 0 unspecified atom stereocenters. The molecule has 22 heavy (non-hydrogen) atoms. The molecule has 0 heterocycles. The normalized spacial score (nSPS) is 12.5. The summed E-state index contributed by atoms with van der Waals surface area (Å²) >= 11 is 0. The van der Waals surface area contributed by atoms with E-state index in [4.69, 9.17) is 0 Å². The molecule has 116 valence electrons. The van der Waals surface area contributed by atoms with Crippen molar-refractivity contribution < 1.29 is 35.9 Å². The highest BCUT2D eigenvalue weighted by Gasteiger charge is 2.37. The number of hydrogen-bond donors (Lipinski definition) is 0. The van der Waals surface area contributed by atoms with E-state index in [1.807, 2.05) is 0 Å². The summed E-state index contributed by atoms with van der Waals surface area (Å²) in [6, 6.07) is 2.33. The number of aldehydes is 2. The van der Waals surface area contributed by atoms with Crippen LogP contribution in [0, 0.1) is 0 Å². The van der Waals surface area contributed by atoms with E-state index in [-0.39, 0.29) is 12.6 Å². The lowest BCUT2D eigenvalue weighted by Gasteiger charge is -2.16. The van der Waals surface area contributed by atoms with E-state index in [1.54, 1.807) is 0 Å². The van der Waals surface area contributed by atoms with Crippen molar-refractivity contribution in [1.29, 1.82) is 0 Å². The van der Waals surface area contributed by atoms with Crippen molar-refractivity contribution in [2.24, 2.45) is 0 Å². The largest absolute Gasteiger partial charge is 0.417 e. The predicted molar refractivity (Wildman–Crippen MR) is 64.7 cm³/mol. The van der Waals surface area contributed by atoms with E-state index in [9.17, 15) is 35.9 Å². The van der Waals surface area contributed by atoms with Crippen molar-refractivity contribution in [1.82, 2.24) is 0 Å². The Morgan fingerprint density at radius 3 is 1.18 bits per heavy atom. The zero-order valence-electron chi connectivity index (χ0n) is 10.5. The number of halogens is 6. The van der Waals surface area contributed by atoms with Crippen LogP contribution in [0.5, 0.6) is 0 Å². The fourth-order valence-corrected chi connectivity index (χ4v) is 2.11. The van der Waals surface area contributed by atoms with Crippen LogP contribution < -0.4 is 0 Å². The summed E-state index contributed by atoms with van der Waals surface area (Å²) in [5.41, 5.74) is -3.88. The highest BCUT2D eigenvalue weighted by atomic mass is 19.4. The summed E-state index contributed by atoms with van der Waals surface area (Å²) in [4.78, 5) is 21.4. The van der Waals surface area contributed by atoms with Crippen LogP contribution in [0.25, 0.3) is 10.8 Å². The van der Waals surface area contributed by atoms with Gasteiger partial charge in [-0.15, -0.1) is 0 Å². The third kappa shape index (κ3) is 2.81. The SMILES string of the molecule is O=Cc1cc(C(F)(F)F)c2cc(C=O)cc(C(F)(F)F)c2c1. The predicted octanol–water partition coefficient (Wildman–Crippen LogP) is 4.50. The topological polar surface area (TPSA) is 34.1 Å². The second-order valence-electron chi connectivity index (χ2n) is 4.46. The van der Waals surface area contributed by atoms with Gasteiger partial charge in [0.1, 0.15) is 12.6 Å². The molecule has 2 aromatic carbocycles. The molecule has 0 saturated carbocycles. The average Bonchev–Trinajstić information content (AvgIpc) is 2.42. The van der Waals surface area contributed by atoms with Gasteiger partial charge in [-0.3, -0.25) is 9.59 Å². The molecule has 0 bridgehead atoms. The molecule has 2 rings (SSSR count). The smallest absolute Gasteiger partial charge is 0.298 e. The zero-order chi connectivity index (χ0) is 16.7. The Morgan fingerprint density at radius 2 is 0.955 bits per heavy atom. The lowest BCUT2D eigenvalue weighted by Crippen LogP contribution is -2.11. The van der Waals surface area contributed by atoms with Gasteiger partial charge >= 0.3 is 12.4 Å². The Balaban J connectivity index is 3.04. The van der Waals surface area contributed by atoms with E-state index in [0.717, 1.165) is 12.1 Å². The molecular weight excluding hydrogens is 314 g/mol. The van der Waals surface area contributed by atoms with Gasteiger partial charge in [0.25, 0.3) is 0 Å². The van der Waals surface area contributed by atoms with E-state index >= 15 is 0 Å². The minimum atomic E-state index is -4.97. The first-order valence-electron chi connectivity index (χ1n) is 5.74. The highest BCUT2D eigenvalue weighted by Crippen LogP contribution is 2.41. The van der Waals surface area contributed by atoms with Gasteiger partial charge in [-0.1, -0.05) is 0 Å². The summed E-state index contributed by atoms with van der Waals surface area (Å²) < 4.78 is 78.1. The third-order valence-corrected chi connectivity index (χ3v) is 3.00. The second-order valence-corrected chi connectivity index (χ2v) is 4.46. The van der Waals surface area contributed by atoms with Crippen LogP contribution in [0.15, 0.2) is 24.3 Å². The van der Waals surface area contributed by atoms with E-state index in [2.05, 4.69) is 0 Å². The van der Waals surface area contributed by atoms with Crippen LogP contribution in [-0.2, 0) is 12.4 Å². The van der Waals surface area contributed by atoms with Gasteiger partial charge in [0.05, 0.1) is 11.1 Å². The van der Waals surface area contributed by atoms with Gasteiger partial charge in [0, 0.05) is 11.1 Å². The van der Waals surface area contributed by atoms with Gasteiger partial charge in [0.2, 0.25) is 0 Å². The van der Waals surface area contributed by atoms with E-state index in [1.165, 1.54) is 0 Å². The van der Waals surface area contributed by atoms with E-state index in [0.29, 0.717) is 12.1 Å². The van der Waals surface area contributed by atoms with Gasteiger partial charge in [-0.25, -0.2) is 0 Å². The molecule has 0 aliphatic heterocycles. The van der Waals surface area contributed by atoms with Gasteiger partial charge in [-0.2, -0.15) is 26.3 Å². The number of fused-ring (bicyclic) bond motifs is 1. The molecule has 2 nitrogen and oxygen atoms in total. The summed E-state index contributed by atoms with van der Waals surface area (Å²) in [5.74, 6) is 0. The minimum Gasteiger partial charge on any atom is -0.298 e. The van der Waals surface area contributed by atoms with Crippen LogP contribution in [0.3, 0.4) is 0 Å². The summed E-state index contributed by atoms with van der Waals surface area (Å²) in [7, 11) is 0. The average molecular weight is 320 g/mol. The maximum atomic E-state index is 13.0. The highest BCUT2D eigenvalue weighted by molar-refractivity contribution is 5.97. The Morgan fingerprint density at radius 1 is 0.636 bits per heavy atom. The van der Waals surface area contributed by atoms with E-state index < -0.39 is 45.4 Å². The molecule has 2 aromatic rings. The molecule has 0 amide bonds. The van der Waals surface area contributed by atoms with Crippen molar-refractivity contribution >= 4 is 23.3 Å². The zero-order valence-corrected chi connectivity index (χ0v) is 10.5. The number of rotatable bonds is 2. The lowest BCUT2D eigenvalue weighted by molar-refractivity contribution is -0.138. The monoisotopic (exact) mass is 320 g/mol. The first-order valence-corrected chi connectivity index (χ1v) is 5.74. The number of alkyl halides is 6. The first-order chi connectivity index (χ1) is 10.1. The van der Waals surface area contributed by atoms with Crippen molar-refractivity contribution in [2.45, 2.75) is 12.4 Å². The Labute approximate surface area is 119 Å². The molecule has 0 radical (unpaired) electrons. The van der Waals surface area contributed by atoms with Crippen LogP contribution in [0.2, 0.25) is 0 Å². The first kappa shape index (κ1) is 16.0. The van der Waals surface area contributed by atoms with Crippen LogP contribution in [-0.4, -0.2) is 12.6 Å². The quantitative estimate of drug-likeness (QED) is 0.603. The lowest BCUT2D eigenvalue weighted by atomic mass is 9.94. The second kappa shape index (κ2) is 5.11. The number of hydrogen-bond acceptors (Lipinski definition) is 2. The van der Waals surface area contributed by atoms with Crippen LogP contribution in [0.4, 0.5) is 26.3 Å². The van der Waals surface area contributed by atoms with Crippen LogP contribution in [0.1, 0.15) is 31.8 Å². The minimum absolute atomic E-state index is 0.0302. The number of carbonyl (C=O) groups is 2. The number of carbonyl (C=O) groups excluding carboxylic acids is 2. The van der Waals surface area contributed by atoms with Crippen LogP contribution >= 0.6 is 0 Å². The summed E-state index contributed by atoms with van der Waals surface area (Å²) in [6.45, 7) is 0. The molecular formula is C14H6F6O2. The maximum Gasteiger partial charge on any atom is 0.417 e. The number of benzene rings is 2. The Hall–Kier alpha value is -2.38. The molecule has 0 aliphatic carbocycles. The molecule has 0 aromatic heterocycles. The van der Waals surface area contributed by atoms with Crippen molar-refractivity contribution in [3.63, 3.8) is 0 Å². The van der Waals surface area contributed by atoms with Crippen molar-refractivity contribution in [3.8, 4) is 0 Å².